The minimum Gasteiger partial charge on any atom is -0.484 e. The van der Waals surface area contributed by atoms with Gasteiger partial charge in [-0.05, 0) is 19.4 Å². The average Bonchev–Trinajstić information content (AvgIpc) is 2.36. The van der Waals surface area contributed by atoms with E-state index in [-0.39, 0.29) is 18.6 Å². The van der Waals surface area contributed by atoms with Crippen LogP contribution in [0.1, 0.15) is 38.3 Å². The molecule has 0 aliphatic rings. The van der Waals surface area contributed by atoms with Crippen LogP contribution in [-0.2, 0) is 4.79 Å². The van der Waals surface area contributed by atoms with Gasteiger partial charge in [0.15, 0.2) is 6.61 Å². The summed E-state index contributed by atoms with van der Waals surface area (Å²) >= 11 is 0. The number of rotatable bonds is 7. The molecule has 3 N–H and O–H groups in total. The maximum Gasteiger partial charge on any atom is 0.257 e. The molecule has 1 rings (SSSR count). The summed E-state index contributed by atoms with van der Waals surface area (Å²) < 4.78 is 18.8. The van der Waals surface area contributed by atoms with Gasteiger partial charge in [-0.15, -0.1) is 0 Å². The Labute approximate surface area is 113 Å². The zero-order valence-corrected chi connectivity index (χ0v) is 11.4. The van der Waals surface area contributed by atoms with Crippen molar-refractivity contribution in [1.29, 1.82) is 0 Å². The lowest BCUT2D eigenvalue weighted by Gasteiger charge is -2.10. The van der Waals surface area contributed by atoms with Crippen molar-refractivity contribution in [2.24, 2.45) is 5.73 Å². The fraction of sp³-hybridized carbons (Fsp3) is 0.500. The Balaban J connectivity index is 2.45. The summed E-state index contributed by atoms with van der Waals surface area (Å²) in [6.45, 7) is 4.28. The van der Waals surface area contributed by atoms with E-state index >= 15 is 0 Å². The van der Waals surface area contributed by atoms with Crippen LogP contribution in [-0.4, -0.2) is 19.1 Å². The Morgan fingerprint density at radius 3 is 2.84 bits per heavy atom. The number of benzene rings is 1. The lowest BCUT2D eigenvalue weighted by atomic mass is 10.1. The highest BCUT2D eigenvalue weighted by Gasteiger charge is 2.09. The van der Waals surface area contributed by atoms with E-state index in [1.807, 2.05) is 6.92 Å². The topological polar surface area (TPSA) is 64.3 Å². The van der Waals surface area contributed by atoms with Gasteiger partial charge in [0.2, 0.25) is 0 Å². The lowest BCUT2D eigenvalue weighted by molar-refractivity contribution is -0.123. The summed E-state index contributed by atoms with van der Waals surface area (Å²) in [5.74, 6) is -0.295. The minimum atomic E-state index is -0.418. The van der Waals surface area contributed by atoms with Crippen molar-refractivity contribution in [1.82, 2.24) is 5.32 Å². The quantitative estimate of drug-likeness (QED) is 0.745. The number of ether oxygens (including phenoxy) is 1. The monoisotopic (exact) mass is 268 g/mol. The van der Waals surface area contributed by atoms with Gasteiger partial charge in [0.25, 0.3) is 5.91 Å². The third-order valence-corrected chi connectivity index (χ3v) is 2.68. The standard InChI is InChI=1S/C14H21FN2O2/c1-3-4-7-17-14(18)9-19-11-5-6-12(10(2)16)13(15)8-11/h5-6,8,10H,3-4,7,9,16H2,1-2H3,(H,17,18)/t10-/m1/s1. The molecule has 1 amide bonds. The Morgan fingerprint density at radius 1 is 1.53 bits per heavy atom. The average molecular weight is 268 g/mol. The number of nitrogens with one attached hydrogen (secondary N) is 1. The molecule has 5 heteroatoms. The molecular formula is C14H21FN2O2. The number of unbranched alkanes of at least 4 members (excludes halogenated alkanes) is 1. The summed E-state index contributed by atoms with van der Waals surface area (Å²) in [6, 6.07) is 4.06. The van der Waals surface area contributed by atoms with Crippen LogP contribution in [0.3, 0.4) is 0 Å². The number of hydrogen-bond acceptors (Lipinski definition) is 3. The first-order valence-corrected chi connectivity index (χ1v) is 6.49. The van der Waals surface area contributed by atoms with Crippen LogP contribution in [0.25, 0.3) is 0 Å². The molecule has 0 unspecified atom stereocenters. The predicted molar refractivity (Wildman–Crippen MR) is 72.4 cm³/mol. The third kappa shape index (κ3) is 5.26. The summed E-state index contributed by atoms with van der Waals surface area (Å²) in [4.78, 5) is 11.4. The molecule has 0 saturated heterocycles. The summed E-state index contributed by atoms with van der Waals surface area (Å²) in [5, 5.41) is 2.72. The van der Waals surface area contributed by atoms with E-state index in [1.54, 1.807) is 19.1 Å². The Kier molecular flexibility index (Phi) is 6.29. The maximum absolute atomic E-state index is 13.6. The highest BCUT2D eigenvalue weighted by atomic mass is 19.1. The summed E-state index contributed by atoms with van der Waals surface area (Å²) in [5.41, 5.74) is 6.04. The number of nitrogens with two attached hydrogens (primary N) is 1. The second-order valence-electron chi connectivity index (χ2n) is 4.46. The zero-order chi connectivity index (χ0) is 14.3. The van der Waals surface area contributed by atoms with Crippen LogP contribution < -0.4 is 15.8 Å². The first-order chi connectivity index (χ1) is 9.04. The summed E-state index contributed by atoms with van der Waals surface area (Å²) in [7, 11) is 0. The van der Waals surface area contributed by atoms with Crippen molar-refractivity contribution in [3.05, 3.63) is 29.6 Å². The molecule has 0 radical (unpaired) electrons. The van der Waals surface area contributed by atoms with E-state index in [2.05, 4.69) is 5.32 Å². The molecule has 0 bridgehead atoms. The van der Waals surface area contributed by atoms with Crippen molar-refractivity contribution in [2.45, 2.75) is 32.7 Å². The van der Waals surface area contributed by atoms with Crippen LogP contribution in [0, 0.1) is 5.82 Å². The molecule has 0 aliphatic carbocycles. The highest BCUT2D eigenvalue weighted by Crippen LogP contribution is 2.20. The van der Waals surface area contributed by atoms with Crippen molar-refractivity contribution in [3.8, 4) is 5.75 Å². The van der Waals surface area contributed by atoms with Crippen LogP contribution in [0.4, 0.5) is 4.39 Å². The predicted octanol–water partition coefficient (Wildman–Crippen LogP) is 2.14. The van der Waals surface area contributed by atoms with E-state index in [1.165, 1.54) is 6.07 Å². The molecule has 0 aliphatic heterocycles. The van der Waals surface area contributed by atoms with Crippen molar-refractivity contribution >= 4 is 5.91 Å². The fourth-order valence-electron chi connectivity index (χ4n) is 1.57. The zero-order valence-electron chi connectivity index (χ0n) is 11.4. The first-order valence-electron chi connectivity index (χ1n) is 6.49. The van der Waals surface area contributed by atoms with Gasteiger partial charge in [-0.3, -0.25) is 4.79 Å². The fourth-order valence-corrected chi connectivity index (χ4v) is 1.57. The first kappa shape index (κ1) is 15.4. The molecule has 0 heterocycles. The SMILES string of the molecule is CCCCNC(=O)COc1ccc([C@@H](C)N)c(F)c1. The van der Waals surface area contributed by atoms with Gasteiger partial charge in [-0.1, -0.05) is 19.4 Å². The normalized spacial score (nSPS) is 12.0. The second-order valence-corrected chi connectivity index (χ2v) is 4.46. The number of halogens is 1. The van der Waals surface area contributed by atoms with E-state index in [0.717, 1.165) is 12.8 Å². The third-order valence-electron chi connectivity index (χ3n) is 2.68. The van der Waals surface area contributed by atoms with E-state index < -0.39 is 5.82 Å². The molecule has 4 nitrogen and oxygen atoms in total. The van der Waals surface area contributed by atoms with Crippen LogP contribution >= 0.6 is 0 Å². The second kappa shape index (κ2) is 7.74. The minimum absolute atomic E-state index is 0.110. The molecule has 1 atom stereocenters. The van der Waals surface area contributed by atoms with E-state index in [9.17, 15) is 9.18 Å². The Bertz CT molecular complexity index is 422. The molecular weight excluding hydrogens is 247 g/mol. The molecule has 106 valence electrons. The van der Waals surface area contributed by atoms with Gasteiger partial charge < -0.3 is 15.8 Å². The molecule has 0 spiro atoms. The molecule has 0 saturated carbocycles. The molecule has 19 heavy (non-hydrogen) atoms. The van der Waals surface area contributed by atoms with E-state index in [4.69, 9.17) is 10.5 Å². The van der Waals surface area contributed by atoms with Gasteiger partial charge in [0, 0.05) is 24.2 Å². The molecule has 0 fully saturated rings. The smallest absolute Gasteiger partial charge is 0.257 e. The van der Waals surface area contributed by atoms with Gasteiger partial charge >= 0.3 is 0 Å². The number of carbonyl (C=O) groups is 1. The Morgan fingerprint density at radius 2 is 2.26 bits per heavy atom. The number of amides is 1. The molecule has 0 aromatic heterocycles. The largest absolute Gasteiger partial charge is 0.484 e. The summed E-state index contributed by atoms with van der Waals surface area (Å²) in [6.07, 6.45) is 1.95. The Hall–Kier alpha value is -1.62. The van der Waals surface area contributed by atoms with Crippen molar-refractivity contribution in [2.75, 3.05) is 13.2 Å². The lowest BCUT2D eigenvalue weighted by Crippen LogP contribution is -2.29. The van der Waals surface area contributed by atoms with E-state index in [0.29, 0.717) is 17.9 Å². The molecule has 1 aromatic carbocycles. The van der Waals surface area contributed by atoms with Crippen LogP contribution in [0.2, 0.25) is 0 Å². The van der Waals surface area contributed by atoms with Gasteiger partial charge in [0.05, 0.1) is 0 Å². The van der Waals surface area contributed by atoms with Crippen LogP contribution in [0.5, 0.6) is 5.75 Å². The maximum atomic E-state index is 13.6. The molecule has 1 aromatic rings. The van der Waals surface area contributed by atoms with Gasteiger partial charge in [-0.25, -0.2) is 4.39 Å². The van der Waals surface area contributed by atoms with Gasteiger partial charge in [-0.2, -0.15) is 0 Å². The highest BCUT2D eigenvalue weighted by molar-refractivity contribution is 5.77. The van der Waals surface area contributed by atoms with Crippen molar-refractivity contribution in [3.63, 3.8) is 0 Å². The number of carbonyl (C=O) groups excluding carboxylic acids is 1. The van der Waals surface area contributed by atoms with Crippen molar-refractivity contribution < 1.29 is 13.9 Å². The van der Waals surface area contributed by atoms with Crippen LogP contribution in [0.15, 0.2) is 18.2 Å². The number of hydrogen-bond donors (Lipinski definition) is 2. The van der Waals surface area contributed by atoms with Gasteiger partial charge in [0.1, 0.15) is 11.6 Å².